The van der Waals surface area contributed by atoms with Crippen molar-refractivity contribution in [3.05, 3.63) is 46.4 Å². The fourth-order valence-electron chi connectivity index (χ4n) is 5.10. The molecule has 12 heteroatoms. The largest absolute Gasteiger partial charge is 0.351 e. The molecule has 2 aromatic heterocycles. The number of rotatable bonds is 9. The molecule has 4 rings (SSSR count). The lowest BCUT2D eigenvalue weighted by molar-refractivity contribution is 0.221. The lowest BCUT2D eigenvalue weighted by Gasteiger charge is -2.33. The first kappa shape index (κ1) is 28.9. The molecule has 1 aliphatic carbocycles. The van der Waals surface area contributed by atoms with Gasteiger partial charge in [0.25, 0.3) is 5.56 Å². The second-order valence-corrected chi connectivity index (χ2v) is 12.5. The van der Waals surface area contributed by atoms with Crippen LogP contribution in [-0.2, 0) is 10.0 Å². The van der Waals surface area contributed by atoms with Gasteiger partial charge in [0.05, 0.1) is 5.75 Å². The number of nitrogens with zero attached hydrogens (tertiary/aromatic N) is 4. The number of sulfonamides is 1. The molecule has 0 aliphatic heterocycles. The first-order valence-corrected chi connectivity index (χ1v) is 14.9. The molecule has 0 saturated heterocycles. The molecule has 3 aromatic rings. The highest BCUT2D eigenvalue weighted by atomic mass is 32.2. The van der Waals surface area contributed by atoms with Gasteiger partial charge in [0.15, 0.2) is 11.6 Å². The zero-order chi connectivity index (χ0) is 28.5. The van der Waals surface area contributed by atoms with Crippen LogP contribution >= 0.6 is 0 Å². The first-order chi connectivity index (χ1) is 18.4. The Morgan fingerprint density at radius 3 is 2.31 bits per heavy atom. The Kier molecular flexibility index (Phi) is 8.55. The normalized spacial score (nSPS) is 18.2. The molecule has 1 aliphatic rings. The molecule has 1 saturated carbocycles. The Bertz CT molecular complexity index is 1490. The summed E-state index contributed by atoms with van der Waals surface area (Å²) in [5.74, 6) is -2.07. The van der Waals surface area contributed by atoms with Crippen LogP contribution in [0.25, 0.3) is 22.2 Å². The van der Waals surface area contributed by atoms with Crippen LogP contribution in [0.3, 0.4) is 0 Å². The fraction of sp³-hybridized carbons (Fsp3) is 0.519. The number of anilines is 2. The summed E-state index contributed by atoms with van der Waals surface area (Å²) in [6.45, 7) is 5.30. The minimum atomic E-state index is -3.90. The number of benzene rings is 1. The molecule has 9 nitrogen and oxygen atoms in total. The highest BCUT2D eigenvalue weighted by Crippen LogP contribution is 2.29. The SMILES string of the molecule is CCCS(=O)(=O)Nc1c(F)cc(-c2cc3cnc(N[C@H]4CC[C@H](N(C)C)CC4)nc3n(C(C)C)c2=O)cc1F. The molecule has 39 heavy (non-hydrogen) atoms. The van der Waals surface area contributed by atoms with Gasteiger partial charge in [-0.3, -0.25) is 14.1 Å². The molecule has 0 spiro atoms. The van der Waals surface area contributed by atoms with Gasteiger partial charge >= 0.3 is 0 Å². The maximum atomic E-state index is 14.9. The third-order valence-electron chi connectivity index (χ3n) is 7.13. The predicted molar refractivity (Wildman–Crippen MR) is 151 cm³/mol. The Morgan fingerprint density at radius 2 is 1.74 bits per heavy atom. The maximum Gasteiger partial charge on any atom is 0.260 e. The van der Waals surface area contributed by atoms with Crippen LogP contribution in [0.2, 0.25) is 0 Å². The highest BCUT2D eigenvalue weighted by molar-refractivity contribution is 7.92. The van der Waals surface area contributed by atoms with Gasteiger partial charge in [0.2, 0.25) is 16.0 Å². The highest BCUT2D eigenvalue weighted by Gasteiger charge is 2.24. The number of hydrogen-bond acceptors (Lipinski definition) is 7. The van der Waals surface area contributed by atoms with Gasteiger partial charge < -0.3 is 10.2 Å². The van der Waals surface area contributed by atoms with E-state index in [-0.39, 0.29) is 29.0 Å². The van der Waals surface area contributed by atoms with Crippen molar-refractivity contribution in [2.75, 3.05) is 29.9 Å². The lowest BCUT2D eigenvalue weighted by atomic mass is 9.91. The van der Waals surface area contributed by atoms with E-state index in [4.69, 9.17) is 0 Å². The Balaban J connectivity index is 1.69. The minimum Gasteiger partial charge on any atom is -0.351 e. The number of nitrogens with one attached hydrogen (secondary N) is 2. The van der Waals surface area contributed by atoms with Gasteiger partial charge in [-0.1, -0.05) is 6.92 Å². The molecule has 1 aromatic carbocycles. The van der Waals surface area contributed by atoms with E-state index in [1.165, 1.54) is 10.6 Å². The molecule has 0 unspecified atom stereocenters. The van der Waals surface area contributed by atoms with Crippen LogP contribution in [0, 0.1) is 11.6 Å². The summed E-state index contributed by atoms with van der Waals surface area (Å²) >= 11 is 0. The molecule has 1 fully saturated rings. The van der Waals surface area contributed by atoms with E-state index in [0.717, 1.165) is 37.8 Å². The third kappa shape index (κ3) is 6.38. The molecular weight excluding hydrogens is 526 g/mol. The Labute approximate surface area is 227 Å². The van der Waals surface area contributed by atoms with E-state index >= 15 is 0 Å². The molecule has 2 N–H and O–H groups in total. The molecule has 0 amide bonds. The third-order valence-corrected chi connectivity index (χ3v) is 8.59. The van der Waals surface area contributed by atoms with E-state index in [1.54, 1.807) is 13.1 Å². The standard InChI is InChI=1S/C27H36F2N6O3S/c1-6-11-39(37,38)33-24-22(28)13-17(14-23(24)29)21-12-18-15-30-27(32-25(18)35(16(2)3)26(21)36)31-19-7-9-20(10-8-19)34(4)5/h12-16,19-20,33H,6-11H2,1-5H3,(H,30,31,32)/t19-,20-. The van der Waals surface area contributed by atoms with Crippen molar-refractivity contribution in [1.29, 1.82) is 0 Å². The number of halogens is 2. The zero-order valence-corrected chi connectivity index (χ0v) is 23.8. The number of hydrogen-bond donors (Lipinski definition) is 2. The molecule has 0 bridgehead atoms. The Morgan fingerprint density at radius 1 is 1.10 bits per heavy atom. The molecule has 0 radical (unpaired) electrons. The van der Waals surface area contributed by atoms with E-state index in [9.17, 15) is 22.0 Å². The van der Waals surface area contributed by atoms with Gasteiger partial charge in [0, 0.05) is 35.3 Å². The van der Waals surface area contributed by atoms with E-state index < -0.39 is 32.9 Å². The molecule has 0 atom stereocenters. The van der Waals surface area contributed by atoms with Gasteiger partial charge in [-0.05, 0) is 83.8 Å². The van der Waals surface area contributed by atoms with Crippen LogP contribution in [0.5, 0.6) is 0 Å². The predicted octanol–water partition coefficient (Wildman–Crippen LogP) is 4.75. The van der Waals surface area contributed by atoms with Crippen molar-refractivity contribution >= 4 is 32.7 Å². The Hall–Kier alpha value is -3.12. The van der Waals surface area contributed by atoms with Crippen molar-refractivity contribution in [2.24, 2.45) is 0 Å². The topological polar surface area (TPSA) is 109 Å². The summed E-state index contributed by atoms with van der Waals surface area (Å²) in [7, 11) is 0.283. The maximum absolute atomic E-state index is 14.9. The van der Waals surface area contributed by atoms with Crippen molar-refractivity contribution in [3.63, 3.8) is 0 Å². The summed E-state index contributed by atoms with van der Waals surface area (Å²) in [6.07, 6.45) is 6.01. The summed E-state index contributed by atoms with van der Waals surface area (Å²) < 4.78 is 57.4. The quantitative estimate of drug-likeness (QED) is 0.387. The van der Waals surface area contributed by atoms with Crippen molar-refractivity contribution in [3.8, 4) is 11.1 Å². The van der Waals surface area contributed by atoms with E-state index in [1.807, 2.05) is 18.6 Å². The van der Waals surface area contributed by atoms with Gasteiger partial charge in [-0.2, -0.15) is 4.98 Å². The van der Waals surface area contributed by atoms with E-state index in [2.05, 4.69) is 34.3 Å². The van der Waals surface area contributed by atoms with Crippen LogP contribution in [-0.4, -0.2) is 59.8 Å². The van der Waals surface area contributed by atoms with Crippen molar-refractivity contribution in [1.82, 2.24) is 19.4 Å². The van der Waals surface area contributed by atoms with Crippen molar-refractivity contribution in [2.45, 2.75) is 71.0 Å². The average Bonchev–Trinajstić information content (AvgIpc) is 2.85. The number of pyridine rings is 1. The summed E-state index contributed by atoms with van der Waals surface area (Å²) in [5.41, 5.74) is -0.765. The van der Waals surface area contributed by atoms with Crippen LogP contribution in [0.15, 0.2) is 29.2 Å². The molecule has 2 heterocycles. The van der Waals surface area contributed by atoms with Crippen LogP contribution in [0.1, 0.15) is 58.9 Å². The zero-order valence-electron chi connectivity index (χ0n) is 23.0. The smallest absolute Gasteiger partial charge is 0.260 e. The fourth-order valence-corrected chi connectivity index (χ4v) is 6.24. The van der Waals surface area contributed by atoms with Gasteiger partial charge in [0.1, 0.15) is 11.3 Å². The average molecular weight is 563 g/mol. The van der Waals surface area contributed by atoms with Gasteiger partial charge in [-0.25, -0.2) is 22.2 Å². The monoisotopic (exact) mass is 562 g/mol. The van der Waals surface area contributed by atoms with E-state index in [0.29, 0.717) is 29.4 Å². The second-order valence-electron chi connectivity index (χ2n) is 10.6. The number of aromatic nitrogens is 3. The van der Waals surface area contributed by atoms with Crippen molar-refractivity contribution < 1.29 is 17.2 Å². The van der Waals surface area contributed by atoms with Gasteiger partial charge in [-0.15, -0.1) is 0 Å². The summed E-state index contributed by atoms with van der Waals surface area (Å²) in [4.78, 5) is 24.9. The molecule has 212 valence electrons. The first-order valence-electron chi connectivity index (χ1n) is 13.2. The summed E-state index contributed by atoms with van der Waals surface area (Å²) in [5, 5.41) is 3.94. The van der Waals surface area contributed by atoms with Crippen LogP contribution < -0.4 is 15.6 Å². The van der Waals surface area contributed by atoms with Crippen LogP contribution in [0.4, 0.5) is 20.4 Å². The number of fused-ring (bicyclic) bond motifs is 1. The second kappa shape index (κ2) is 11.5. The molecular formula is C27H36F2N6O3S. The minimum absolute atomic E-state index is 0.00964. The lowest BCUT2D eigenvalue weighted by Crippen LogP contribution is -2.36. The summed E-state index contributed by atoms with van der Waals surface area (Å²) in [6, 6.07) is 3.93.